The molecular weight excluding hydrogens is 444 g/mol. The van der Waals surface area contributed by atoms with Gasteiger partial charge >= 0.3 is 0 Å². The monoisotopic (exact) mass is 490 g/mol. The number of carbonyl (C=O) groups excluding carboxylic acids is 3. The van der Waals surface area contributed by atoms with E-state index in [4.69, 9.17) is 5.73 Å². The SMILES string of the molecule is CC(C)[C@H](N)C(=O)N[C@@H](Cc1ccccc1)[C@@H](O)CNC(=O)[C@H](CC(=O)NC(C)(C)C)C(C)(C)C. The molecule has 3 amide bonds. The lowest BCUT2D eigenvalue weighted by Gasteiger charge is -2.32. The molecule has 0 aliphatic heterocycles. The quantitative estimate of drug-likeness (QED) is 0.324. The van der Waals surface area contributed by atoms with Gasteiger partial charge in [-0.2, -0.15) is 0 Å². The lowest BCUT2D eigenvalue weighted by molar-refractivity contribution is -0.134. The largest absolute Gasteiger partial charge is 0.389 e. The van der Waals surface area contributed by atoms with Crippen LogP contribution in [0, 0.1) is 17.3 Å². The standard InChI is InChI=1S/C27H46N4O4/c1-17(2)23(28)25(35)30-20(14-18-12-10-9-11-13-18)21(32)16-29-24(34)19(26(3,4)5)15-22(33)31-27(6,7)8/h9-13,17,19-21,23,32H,14-16,28H2,1-8H3,(H,29,34)(H,30,35)(H,31,33)/t19-,20-,21-,23-/m0/s1. The molecular formula is C27H46N4O4. The average molecular weight is 491 g/mol. The van der Waals surface area contributed by atoms with E-state index in [1.54, 1.807) is 0 Å². The zero-order valence-corrected chi connectivity index (χ0v) is 22.6. The summed E-state index contributed by atoms with van der Waals surface area (Å²) in [5, 5.41) is 19.5. The predicted octanol–water partition coefficient (Wildman–Crippen LogP) is 2.14. The number of amides is 3. The van der Waals surface area contributed by atoms with Crippen LogP contribution in [0.15, 0.2) is 30.3 Å². The fourth-order valence-electron chi connectivity index (χ4n) is 3.65. The smallest absolute Gasteiger partial charge is 0.237 e. The van der Waals surface area contributed by atoms with Crippen molar-refractivity contribution in [3.05, 3.63) is 35.9 Å². The van der Waals surface area contributed by atoms with Gasteiger partial charge in [0.15, 0.2) is 0 Å². The van der Waals surface area contributed by atoms with Crippen LogP contribution in [0.2, 0.25) is 0 Å². The van der Waals surface area contributed by atoms with Crippen LogP contribution in [0.5, 0.6) is 0 Å². The molecule has 0 saturated carbocycles. The number of rotatable bonds is 11. The second-order valence-corrected chi connectivity index (χ2v) is 11.8. The number of hydrogen-bond donors (Lipinski definition) is 5. The highest BCUT2D eigenvalue weighted by atomic mass is 16.3. The molecule has 1 aromatic rings. The van der Waals surface area contributed by atoms with Gasteiger partial charge < -0.3 is 26.8 Å². The minimum absolute atomic E-state index is 0.0378. The van der Waals surface area contributed by atoms with Crippen molar-refractivity contribution in [1.29, 1.82) is 0 Å². The van der Waals surface area contributed by atoms with Crippen molar-refractivity contribution in [2.45, 2.75) is 92.0 Å². The molecule has 0 unspecified atom stereocenters. The van der Waals surface area contributed by atoms with Gasteiger partial charge in [0.1, 0.15) is 0 Å². The van der Waals surface area contributed by atoms with Crippen molar-refractivity contribution in [3.63, 3.8) is 0 Å². The van der Waals surface area contributed by atoms with E-state index in [0.717, 1.165) is 5.56 Å². The summed E-state index contributed by atoms with van der Waals surface area (Å²) < 4.78 is 0. The molecule has 1 aromatic carbocycles. The van der Waals surface area contributed by atoms with E-state index in [-0.39, 0.29) is 36.6 Å². The molecule has 198 valence electrons. The third kappa shape index (κ3) is 11.2. The van der Waals surface area contributed by atoms with E-state index in [9.17, 15) is 19.5 Å². The third-order valence-electron chi connectivity index (χ3n) is 5.86. The van der Waals surface area contributed by atoms with Crippen molar-refractivity contribution in [1.82, 2.24) is 16.0 Å². The number of carbonyl (C=O) groups is 3. The first-order valence-electron chi connectivity index (χ1n) is 12.4. The molecule has 0 fully saturated rings. The fraction of sp³-hybridized carbons (Fsp3) is 0.667. The molecule has 0 spiro atoms. The zero-order chi connectivity index (χ0) is 27.0. The summed E-state index contributed by atoms with van der Waals surface area (Å²) in [5.41, 5.74) is 6.07. The highest BCUT2D eigenvalue weighted by Crippen LogP contribution is 2.29. The highest BCUT2D eigenvalue weighted by molar-refractivity contribution is 5.86. The van der Waals surface area contributed by atoms with E-state index in [1.165, 1.54) is 0 Å². The molecule has 4 atom stereocenters. The number of benzene rings is 1. The molecule has 0 aliphatic rings. The number of aliphatic hydroxyl groups is 1. The molecule has 8 nitrogen and oxygen atoms in total. The van der Waals surface area contributed by atoms with Crippen LogP contribution < -0.4 is 21.7 Å². The van der Waals surface area contributed by atoms with Crippen LogP contribution in [-0.4, -0.2) is 53.1 Å². The van der Waals surface area contributed by atoms with Crippen LogP contribution >= 0.6 is 0 Å². The lowest BCUT2D eigenvalue weighted by atomic mass is 9.77. The maximum Gasteiger partial charge on any atom is 0.237 e. The molecule has 35 heavy (non-hydrogen) atoms. The fourth-order valence-corrected chi connectivity index (χ4v) is 3.65. The van der Waals surface area contributed by atoms with E-state index in [2.05, 4.69) is 16.0 Å². The van der Waals surface area contributed by atoms with Gasteiger partial charge in [-0.05, 0) is 44.1 Å². The first-order chi connectivity index (χ1) is 16.0. The van der Waals surface area contributed by atoms with Gasteiger partial charge in [-0.3, -0.25) is 14.4 Å². The normalized spacial score (nSPS) is 15.6. The molecule has 0 saturated heterocycles. The first-order valence-corrected chi connectivity index (χ1v) is 12.4. The van der Waals surface area contributed by atoms with Gasteiger partial charge in [-0.25, -0.2) is 0 Å². The summed E-state index contributed by atoms with van der Waals surface area (Å²) in [4.78, 5) is 38.2. The van der Waals surface area contributed by atoms with Crippen LogP contribution in [0.3, 0.4) is 0 Å². The Morgan fingerprint density at radius 2 is 1.54 bits per heavy atom. The number of nitrogens with two attached hydrogens (primary N) is 1. The van der Waals surface area contributed by atoms with Crippen molar-refractivity contribution >= 4 is 17.7 Å². The Labute approximate surface area is 210 Å². The summed E-state index contributed by atoms with van der Waals surface area (Å²) in [5.74, 6) is -1.52. The van der Waals surface area contributed by atoms with E-state index in [1.807, 2.05) is 85.7 Å². The van der Waals surface area contributed by atoms with E-state index in [0.29, 0.717) is 6.42 Å². The Bertz CT molecular complexity index is 828. The van der Waals surface area contributed by atoms with Gasteiger partial charge in [-0.1, -0.05) is 65.0 Å². The van der Waals surface area contributed by atoms with Crippen LogP contribution in [0.1, 0.15) is 67.4 Å². The maximum atomic E-state index is 13.1. The molecule has 0 heterocycles. The first kappa shape index (κ1) is 30.6. The molecule has 8 heteroatoms. The van der Waals surface area contributed by atoms with Crippen molar-refractivity contribution in [2.24, 2.45) is 23.0 Å². The predicted molar refractivity (Wildman–Crippen MR) is 139 cm³/mol. The van der Waals surface area contributed by atoms with Gasteiger partial charge in [0.2, 0.25) is 17.7 Å². The second-order valence-electron chi connectivity index (χ2n) is 11.8. The minimum atomic E-state index is -1.05. The maximum absolute atomic E-state index is 13.1. The Morgan fingerprint density at radius 3 is 2.03 bits per heavy atom. The lowest BCUT2D eigenvalue weighted by Crippen LogP contribution is -2.55. The average Bonchev–Trinajstić information content (AvgIpc) is 2.73. The summed E-state index contributed by atoms with van der Waals surface area (Å²) in [6.07, 6.45) is -0.632. The van der Waals surface area contributed by atoms with Crippen LogP contribution in [-0.2, 0) is 20.8 Å². The number of aliphatic hydroxyl groups excluding tert-OH is 1. The number of nitrogens with one attached hydrogen (secondary N) is 3. The summed E-state index contributed by atoms with van der Waals surface area (Å²) in [7, 11) is 0. The highest BCUT2D eigenvalue weighted by Gasteiger charge is 2.35. The van der Waals surface area contributed by atoms with Crippen molar-refractivity contribution in [2.75, 3.05) is 6.54 Å². The molecule has 0 aliphatic carbocycles. The summed E-state index contributed by atoms with van der Waals surface area (Å²) in [6, 6.07) is 8.14. The van der Waals surface area contributed by atoms with Gasteiger partial charge in [0, 0.05) is 18.5 Å². The van der Waals surface area contributed by atoms with Gasteiger partial charge in [0.05, 0.1) is 24.1 Å². The third-order valence-corrected chi connectivity index (χ3v) is 5.86. The Balaban J connectivity index is 2.93. The summed E-state index contributed by atoms with van der Waals surface area (Å²) in [6.45, 7) is 15.0. The Morgan fingerprint density at radius 1 is 0.971 bits per heavy atom. The molecule has 0 radical (unpaired) electrons. The van der Waals surface area contributed by atoms with Gasteiger partial charge in [-0.15, -0.1) is 0 Å². The Hall–Kier alpha value is -2.45. The number of hydrogen-bond acceptors (Lipinski definition) is 5. The topological polar surface area (TPSA) is 134 Å². The zero-order valence-electron chi connectivity index (χ0n) is 22.6. The van der Waals surface area contributed by atoms with Crippen molar-refractivity contribution in [3.8, 4) is 0 Å². The molecule has 1 rings (SSSR count). The van der Waals surface area contributed by atoms with E-state index < -0.39 is 35.1 Å². The van der Waals surface area contributed by atoms with Crippen molar-refractivity contribution < 1.29 is 19.5 Å². The minimum Gasteiger partial charge on any atom is -0.389 e. The molecule has 6 N–H and O–H groups in total. The Kier molecular flexibility index (Phi) is 11.4. The second kappa shape index (κ2) is 13.0. The molecule has 0 bridgehead atoms. The van der Waals surface area contributed by atoms with Crippen LogP contribution in [0.4, 0.5) is 0 Å². The van der Waals surface area contributed by atoms with E-state index >= 15 is 0 Å². The van der Waals surface area contributed by atoms with Gasteiger partial charge in [0.25, 0.3) is 0 Å². The van der Waals surface area contributed by atoms with Crippen LogP contribution in [0.25, 0.3) is 0 Å². The summed E-state index contributed by atoms with van der Waals surface area (Å²) >= 11 is 0. The molecule has 0 aromatic heterocycles.